The molecule has 1 amide bonds. The summed E-state index contributed by atoms with van der Waals surface area (Å²) in [4.78, 5) is 37.5. The van der Waals surface area contributed by atoms with Crippen molar-refractivity contribution in [1.29, 1.82) is 0 Å². The van der Waals surface area contributed by atoms with Gasteiger partial charge in [0.2, 0.25) is 5.91 Å². The number of fused-ring (bicyclic) bond motifs is 2. The number of anilines is 1. The van der Waals surface area contributed by atoms with E-state index in [2.05, 4.69) is 20.0 Å². The Balaban J connectivity index is 1.31. The number of nitrogens with zero attached hydrogens (tertiary/aromatic N) is 7. The van der Waals surface area contributed by atoms with Crippen LogP contribution in [0.15, 0.2) is 46.0 Å². The number of hydrogen-bond acceptors (Lipinski definition) is 7. The van der Waals surface area contributed by atoms with Crippen molar-refractivity contribution in [2.75, 3.05) is 31.1 Å². The molecular formula is C19H19N7O3. The molecular weight excluding hydrogens is 374 g/mol. The van der Waals surface area contributed by atoms with E-state index in [4.69, 9.17) is 4.42 Å². The van der Waals surface area contributed by atoms with Crippen LogP contribution in [0.4, 0.5) is 5.82 Å². The second-order valence-electron chi connectivity index (χ2n) is 6.99. The van der Waals surface area contributed by atoms with Crippen molar-refractivity contribution in [3.63, 3.8) is 0 Å². The Hall–Kier alpha value is -3.69. The standard InChI is InChI=1S/C19H19N7O3/c1-23-17-13(10-22-23)18(21-12-20-17)25-8-6-24(7-9-25)16(27)11-26-14-4-2-3-5-15(14)29-19(26)28/h2-5,10,12H,6-9,11H2,1H3. The van der Waals surface area contributed by atoms with Crippen LogP contribution >= 0.6 is 0 Å². The normalized spacial score (nSPS) is 14.8. The first kappa shape index (κ1) is 17.4. The highest BCUT2D eigenvalue weighted by Gasteiger charge is 2.25. The zero-order valence-corrected chi connectivity index (χ0v) is 15.9. The van der Waals surface area contributed by atoms with E-state index in [0.717, 1.165) is 16.9 Å². The highest BCUT2D eigenvalue weighted by molar-refractivity contribution is 5.87. The van der Waals surface area contributed by atoms with Crippen molar-refractivity contribution in [3.05, 3.63) is 47.3 Å². The lowest BCUT2D eigenvalue weighted by Gasteiger charge is -2.35. The largest absolute Gasteiger partial charge is 0.420 e. The number of carbonyl (C=O) groups is 1. The minimum atomic E-state index is -0.516. The lowest BCUT2D eigenvalue weighted by atomic mass is 10.2. The first-order valence-electron chi connectivity index (χ1n) is 9.35. The first-order valence-corrected chi connectivity index (χ1v) is 9.35. The number of oxazole rings is 1. The van der Waals surface area contributed by atoms with Gasteiger partial charge in [0.15, 0.2) is 11.2 Å². The Morgan fingerprint density at radius 2 is 1.93 bits per heavy atom. The van der Waals surface area contributed by atoms with Gasteiger partial charge in [-0.05, 0) is 12.1 Å². The summed E-state index contributed by atoms with van der Waals surface area (Å²) in [5.74, 6) is 0.206. The molecule has 1 aromatic carbocycles. The Bertz CT molecular complexity index is 1260. The highest BCUT2D eigenvalue weighted by atomic mass is 16.4. The lowest BCUT2D eigenvalue weighted by Crippen LogP contribution is -2.50. The Morgan fingerprint density at radius 1 is 1.14 bits per heavy atom. The fourth-order valence-corrected chi connectivity index (χ4v) is 3.77. The number of aryl methyl sites for hydroxylation is 1. The second-order valence-corrected chi connectivity index (χ2v) is 6.99. The number of aromatic nitrogens is 5. The number of benzene rings is 1. The van der Waals surface area contributed by atoms with Crippen LogP contribution in [0.5, 0.6) is 0 Å². The molecule has 0 spiro atoms. The molecule has 0 radical (unpaired) electrons. The van der Waals surface area contributed by atoms with Crippen molar-refractivity contribution in [2.45, 2.75) is 6.54 Å². The third-order valence-corrected chi connectivity index (χ3v) is 5.31. The van der Waals surface area contributed by atoms with E-state index in [0.29, 0.717) is 37.3 Å². The van der Waals surface area contributed by atoms with E-state index in [-0.39, 0.29) is 12.5 Å². The molecule has 0 aliphatic carbocycles. The summed E-state index contributed by atoms with van der Waals surface area (Å²) in [6, 6.07) is 7.11. The lowest BCUT2D eigenvalue weighted by molar-refractivity contribution is -0.132. The third-order valence-electron chi connectivity index (χ3n) is 5.31. The molecule has 1 aliphatic rings. The molecule has 1 fully saturated rings. The second kappa shape index (κ2) is 6.73. The number of amides is 1. The third kappa shape index (κ3) is 2.93. The fraction of sp³-hybridized carbons (Fsp3) is 0.316. The monoisotopic (exact) mass is 393 g/mol. The van der Waals surface area contributed by atoms with Gasteiger partial charge in [-0.2, -0.15) is 5.10 Å². The zero-order chi connectivity index (χ0) is 20.0. The minimum absolute atomic E-state index is 0.0315. The molecule has 1 aliphatic heterocycles. The maximum atomic E-state index is 12.8. The average molecular weight is 393 g/mol. The molecule has 148 valence electrons. The molecule has 3 aromatic heterocycles. The molecule has 10 heteroatoms. The van der Waals surface area contributed by atoms with Gasteiger partial charge in [-0.15, -0.1) is 0 Å². The summed E-state index contributed by atoms with van der Waals surface area (Å²) in [6.07, 6.45) is 3.30. The summed E-state index contributed by atoms with van der Waals surface area (Å²) in [7, 11) is 1.84. The Labute approximate surface area is 165 Å². The molecule has 4 aromatic rings. The molecule has 5 rings (SSSR count). The Kier molecular flexibility index (Phi) is 4.04. The molecule has 29 heavy (non-hydrogen) atoms. The SMILES string of the molecule is Cn1ncc2c(N3CCN(C(=O)Cn4c(=O)oc5ccccc54)CC3)ncnc21. The molecule has 0 saturated carbocycles. The molecule has 4 heterocycles. The Morgan fingerprint density at radius 3 is 2.76 bits per heavy atom. The van der Waals surface area contributed by atoms with E-state index < -0.39 is 5.76 Å². The average Bonchev–Trinajstić information content (AvgIpc) is 3.28. The molecule has 10 nitrogen and oxygen atoms in total. The fourth-order valence-electron chi connectivity index (χ4n) is 3.77. The molecule has 0 N–H and O–H groups in total. The maximum absolute atomic E-state index is 12.8. The predicted octanol–water partition coefficient (Wildman–Crippen LogP) is 0.620. The van der Waals surface area contributed by atoms with Crippen molar-refractivity contribution in [1.82, 2.24) is 29.2 Å². The van der Waals surface area contributed by atoms with Gasteiger partial charge < -0.3 is 14.2 Å². The van der Waals surface area contributed by atoms with E-state index in [1.165, 1.54) is 10.9 Å². The number of carbonyl (C=O) groups excluding carboxylic acids is 1. The number of hydrogen-bond donors (Lipinski definition) is 0. The topological polar surface area (TPSA) is 102 Å². The number of para-hydroxylation sites is 2. The van der Waals surface area contributed by atoms with Gasteiger partial charge >= 0.3 is 5.76 Å². The van der Waals surface area contributed by atoms with E-state index >= 15 is 0 Å². The van der Waals surface area contributed by atoms with Gasteiger partial charge in [0.25, 0.3) is 0 Å². The van der Waals surface area contributed by atoms with Crippen molar-refractivity contribution < 1.29 is 9.21 Å². The first-order chi connectivity index (χ1) is 14.1. The van der Waals surface area contributed by atoms with Gasteiger partial charge in [0.1, 0.15) is 18.7 Å². The van der Waals surface area contributed by atoms with Crippen molar-refractivity contribution in [3.8, 4) is 0 Å². The van der Waals surface area contributed by atoms with Gasteiger partial charge in [-0.25, -0.2) is 14.8 Å². The maximum Gasteiger partial charge on any atom is 0.420 e. The highest BCUT2D eigenvalue weighted by Crippen LogP contribution is 2.23. The van der Waals surface area contributed by atoms with Crippen molar-refractivity contribution in [2.24, 2.45) is 7.05 Å². The van der Waals surface area contributed by atoms with Crippen LogP contribution < -0.4 is 10.7 Å². The van der Waals surface area contributed by atoms with Gasteiger partial charge in [-0.3, -0.25) is 14.0 Å². The van der Waals surface area contributed by atoms with E-state index in [1.807, 2.05) is 13.1 Å². The zero-order valence-electron chi connectivity index (χ0n) is 15.9. The quantitative estimate of drug-likeness (QED) is 0.503. The summed E-state index contributed by atoms with van der Waals surface area (Å²) in [6.45, 7) is 2.36. The van der Waals surface area contributed by atoms with Crippen LogP contribution in [0, 0.1) is 0 Å². The van der Waals surface area contributed by atoms with Gasteiger partial charge in [0.05, 0.1) is 17.1 Å². The van der Waals surface area contributed by atoms with E-state index in [9.17, 15) is 9.59 Å². The van der Waals surface area contributed by atoms with Gasteiger partial charge in [0, 0.05) is 33.2 Å². The van der Waals surface area contributed by atoms with Crippen LogP contribution in [-0.2, 0) is 18.4 Å². The molecule has 1 saturated heterocycles. The van der Waals surface area contributed by atoms with Crippen LogP contribution in [0.2, 0.25) is 0 Å². The molecule has 0 unspecified atom stereocenters. The van der Waals surface area contributed by atoms with E-state index in [1.54, 1.807) is 34.0 Å². The molecule has 0 atom stereocenters. The van der Waals surface area contributed by atoms with Crippen LogP contribution in [0.1, 0.15) is 0 Å². The van der Waals surface area contributed by atoms with Crippen molar-refractivity contribution >= 4 is 33.9 Å². The summed E-state index contributed by atoms with van der Waals surface area (Å²) < 4.78 is 8.31. The van der Waals surface area contributed by atoms with Crippen LogP contribution in [0.3, 0.4) is 0 Å². The van der Waals surface area contributed by atoms with Crippen LogP contribution in [-0.4, -0.2) is 61.3 Å². The smallest absolute Gasteiger partial charge is 0.408 e. The minimum Gasteiger partial charge on any atom is -0.408 e. The molecule has 0 bridgehead atoms. The van der Waals surface area contributed by atoms with Crippen LogP contribution in [0.25, 0.3) is 22.1 Å². The summed E-state index contributed by atoms with van der Waals surface area (Å²) >= 11 is 0. The number of piperazine rings is 1. The summed E-state index contributed by atoms with van der Waals surface area (Å²) in [5, 5.41) is 5.15. The number of rotatable bonds is 3. The summed E-state index contributed by atoms with van der Waals surface area (Å²) in [5.41, 5.74) is 1.89. The predicted molar refractivity (Wildman–Crippen MR) is 106 cm³/mol. The van der Waals surface area contributed by atoms with Gasteiger partial charge in [-0.1, -0.05) is 12.1 Å².